The average Bonchev–Trinajstić information content (AvgIpc) is 2.88. The van der Waals surface area contributed by atoms with E-state index in [1.165, 1.54) is 18.2 Å². The third-order valence-electron chi connectivity index (χ3n) is 2.76. The Bertz CT molecular complexity index is 474. The van der Waals surface area contributed by atoms with E-state index in [2.05, 4.69) is 15.6 Å². The first kappa shape index (κ1) is 13.7. The first-order valence-corrected chi connectivity index (χ1v) is 5.85. The van der Waals surface area contributed by atoms with Gasteiger partial charge in [0.25, 0.3) is 0 Å². The van der Waals surface area contributed by atoms with Gasteiger partial charge in [0.15, 0.2) is 5.96 Å². The molecule has 2 rings (SSSR count). The predicted octanol–water partition coefficient (Wildman–Crippen LogP) is 1.29. The first-order chi connectivity index (χ1) is 8.98. The second-order valence-corrected chi connectivity index (χ2v) is 4.14. The van der Waals surface area contributed by atoms with Crippen LogP contribution in [-0.2, 0) is 6.18 Å². The minimum atomic E-state index is -4.47. The molecule has 0 aliphatic carbocycles. The summed E-state index contributed by atoms with van der Waals surface area (Å²) in [5.41, 5.74) is -0.952. The van der Waals surface area contributed by atoms with Gasteiger partial charge in [0.1, 0.15) is 0 Å². The maximum atomic E-state index is 12.8. The van der Waals surface area contributed by atoms with Crippen molar-refractivity contribution in [2.75, 3.05) is 19.6 Å². The summed E-state index contributed by atoms with van der Waals surface area (Å²) in [5.74, 6) is 0.503. The van der Waals surface area contributed by atoms with Crippen molar-refractivity contribution in [1.29, 1.82) is 0 Å². The highest BCUT2D eigenvalue weighted by atomic mass is 19.4. The number of guanidine groups is 1. The van der Waals surface area contributed by atoms with Crippen molar-refractivity contribution in [3.8, 4) is 0 Å². The van der Waals surface area contributed by atoms with E-state index in [0.717, 1.165) is 6.07 Å². The molecule has 1 aromatic carbocycles. The van der Waals surface area contributed by atoms with Crippen molar-refractivity contribution in [3.63, 3.8) is 0 Å². The molecule has 0 amide bonds. The molecule has 3 N–H and O–H groups in total. The highest BCUT2D eigenvalue weighted by molar-refractivity contribution is 5.81. The van der Waals surface area contributed by atoms with Crippen molar-refractivity contribution < 1.29 is 18.3 Å². The molecule has 0 fully saturated rings. The minimum Gasteiger partial charge on any atom is -0.387 e. The smallest absolute Gasteiger partial charge is 0.387 e. The SMILES string of the molecule is O[C@H](CNC1=NCCN1)c1ccccc1C(F)(F)F. The lowest BCUT2D eigenvalue weighted by Gasteiger charge is -2.18. The van der Waals surface area contributed by atoms with Crippen LogP contribution in [0.25, 0.3) is 0 Å². The lowest BCUT2D eigenvalue weighted by molar-refractivity contribution is -0.139. The van der Waals surface area contributed by atoms with Gasteiger partial charge in [-0.05, 0) is 11.6 Å². The van der Waals surface area contributed by atoms with E-state index in [4.69, 9.17) is 0 Å². The molecule has 0 bridgehead atoms. The largest absolute Gasteiger partial charge is 0.416 e. The monoisotopic (exact) mass is 273 g/mol. The number of benzene rings is 1. The molecular weight excluding hydrogens is 259 g/mol. The molecule has 1 heterocycles. The fraction of sp³-hybridized carbons (Fsp3) is 0.417. The zero-order chi connectivity index (χ0) is 13.9. The summed E-state index contributed by atoms with van der Waals surface area (Å²) in [6, 6.07) is 5.01. The minimum absolute atomic E-state index is 0.0288. The fourth-order valence-electron chi connectivity index (χ4n) is 1.87. The van der Waals surface area contributed by atoms with Crippen LogP contribution in [0.3, 0.4) is 0 Å². The molecule has 1 atom stereocenters. The van der Waals surface area contributed by atoms with Gasteiger partial charge in [-0.1, -0.05) is 18.2 Å². The molecule has 7 heteroatoms. The fourth-order valence-corrected chi connectivity index (χ4v) is 1.87. The zero-order valence-electron chi connectivity index (χ0n) is 10.0. The van der Waals surface area contributed by atoms with Gasteiger partial charge in [0, 0.05) is 13.1 Å². The number of nitrogens with zero attached hydrogens (tertiary/aromatic N) is 1. The van der Waals surface area contributed by atoms with E-state index in [1.54, 1.807) is 0 Å². The molecular formula is C12H14F3N3O. The molecule has 1 aliphatic rings. The normalized spacial score (nSPS) is 16.7. The standard InChI is InChI=1S/C12H14F3N3O/c13-12(14,15)9-4-2-1-3-8(9)10(19)7-18-11-16-5-6-17-11/h1-4,10,19H,5-7H2,(H2,16,17,18)/t10-/m1/s1. The number of rotatable bonds is 3. The molecule has 0 aromatic heterocycles. The Hall–Kier alpha value is -1.76. The van der Waals surface area contributed by atoms with E-state index in [9.17, 15) is 18.3 Å². The highest BCUT2D eigenvalue weighted by Gasteiger charge is 2.34. The summed E-state index contributed by atoms with van der Waals surface area (Å²) in [6.45, 7) is 1.29. The third-order valence-corrected chi connectivity index (χ3v) is 2.76. The number of hydrogen-bond donors (Lipinski definition) is 3. The van der Waals surface area contributed by atoms with Gasteiger partial charge < -0.3 is 15.7 Å². The average molecular weight is 273 g/mol. The van der Waals surface area contributed by atoms with Crippen molar-refractivity contribution in [3.05, 3.63) is 35.4 Å². The molecule has 1 aromatic rings. The summed E-state index contributed by atoms with van der Waals surface area (Å²) >= 11 is 0. The summed E-state index contributed by atoms with van der Waals surface area (Å²) < 4.78 is 38.3. The lowest BCUT2D eigenvalue weighted by atomic mass is 10.0. The van der Waals surface area contributed by atoms with Crippen molar-refractivity contribution in [1.82, 2.24) is 10.6 Å². The summed E-state index contributed by atoms with van der Waals surface area (Å²) in [7, 11) is 0. The molecule has 0 radical (unpaired) electrons. The summed E-state index contributed by atoms with van der Waals surface area (Å²) in [6.07, 6.45) is -5.72. The van der Waals surface area contributed by atoms with Gasteiger partial charge in [0.05, 0.1) is 18.2 Å². The van der Waals surface area contributed by atoms with Crippen LogP contribution in [0.1, 0.15) is 17.2 Å². The molecule has 0 saturated heterocycles. The van der Waals surface area contributed by atoms with Crippen LogP contribution in [0.4, 0.5) is 13.2 Å². The van der Waals surface area contributed by atoms with Gasteiger partial charge in [0.2, 0.25) is 0 Å². The molecule has 0 saturated carbocycles. The molecule has 104 valence electrons. The first-order valence-electron chi connectivity index (χ1n) is 5.85. The van der Waals surface area contributed by atoms with Gasteiger partial charge in [-0.2, -0.15) is 13.2 Å². The van der Waals surface area contributed by atoms with Crippen LogP contribution in [0.15, 0.2) is 29.3 Å². The Morgan fingerprint density at radius 2 is 2.11 bits per heavy atom. The van der Waals surface area contributed by atoms with Gasteiger partial charge in [-0.15, -0.1) is 0 Å². The summed E-state index contributed by atoms with van der Waals surface area (Å²) in [4.78, 5) is 4.03. The number of aliphatic hydroxyl groups excluding tert-OH is 1. The van der Waals surface area contributed by atoms with Gasteiger partial charge in [-0.3, -0.25) is 4.99 Å². The molecule has 1 aliphatic heterocycles. The van der Waals surface area contributed by atoms with Crippen LogP contribution in [0.5, 0.6) is 0 Å². The van der Waals surface area contributed by atoms with E-state index < -0.39 is 17.8 Å². The Balaban J connectivity index is 2.08. The Morgan fingerprint density at radius 3 is 2.74 bits per heavy atom. The number of alkyl halides is 3. The second-order valence-electron chi connectivity index (χ2n) is 4.14. The number of halogens is 3. The predicted molar refractivity (Wildman–Crippen MR) is 64.7 cm³/mol. The summed E-state index contributed by atoms with van der Waals surface area (Å²) in [5, 5.41) is 15.6. The second kappa shape index (κ2) is 5.48. The van der Waals surface area contributed by atoms with Gasteiger partial charge in [-0.25, -0.2) is 0 Å². The highest BCUT2D eigenvalue weighted by Crippen LogP contribution is 2.34. The Morgan fingerprint density at radius 1 is 1.37 bits per heavy atom. The topological polar surface area (TPSA) is 56.6 Å². The van der Waals surface area contributed by atoms with Crippen LogP contribution in [-0.4, -0.2) is 30.7 Å². The van der Waals surface area contributed by atoms with E-state index in [1.807, 2.05) is 0 Å². The van der Waals surface area contributed by atoms with Crippen LogP contribution in [0, 0.1) is 0 Å². The zero-order valence-corrected chi connectivity index (χ0v) is 10.0. The van der Waals surface area contributed by atoms with E-state index >= 15 is 0 Å². The third kappa shape index (κ3) is 3.37. The van der Waals surface area contributed by atoms with Crippen molar-refractivity contribution >= 4 is 5.96 Å². The number of hydrogen-bond acceptors (Lipinski definition) is 4. The number of nitrogens with one attached hydrogen (secondary N) is 2. The Kier molecular flexibility index (Phi) is 3.94. The van der Waals surface area contributed by atoms with Gasteiger partial charge >= 0.3 is 6.18 Å². The molecule has 4 nitrogen and oxygen atoms in total. The van der Waals surface area contributed by atoms with Crippen molar-refractivity contribution in [2.24, 2.45) is 4.99 Å². The Labute approximate surface area is 108 Å². The molecule has 19 heavy (non-hydrogen) atoms. The van der Waals surface area contributed by atoms with Crippen LogP contribution < -0.4 is 10.6 Å². The molecule has 0 spiro atoms. The maximum Gasteiger partial charge on any atom is 0.416 e. The number of aliphatic imine (C=N–C) groups is 1. The van der Waals surface area contributed by atoms with Crippen LogP contribution in [0.2, 0.25) is 0 Å². The van der Waals surface area contributed by atoms with Crippen LogP contribution >= 0.6 is 0 Å². The lowest BCUT2D eigenvalue weighted by Crippen LogP contribution is -2.36. The van der Waals surface area contributed by atoms with E-state index in [-0.39, 0.29) is 12.1 Å². The maximum absolute atomic E-state index is 12.8. The molecule has 0 unspecified atom stereocenters. The number of aliphatic hydroxyl groups is 1. The van der Waals surface area contributed by atoms with E-state index in [0.29, 0.717) is 19.0 Å². The van der Waals surface area contributed by atoms with Crippen molar-refractivity contribution in [2.45, 2.75) is 12.3 Å². The quantitative estimate of drug-likeness (QED) is 0.778.